The van der Waals surface area contributed by atoms with Crippen LogP contribution in [0, 0.1) is 0 Å². The number of aryl methyl sites for hydroxylation is 2. The van der Waals surface area contributed by atoms with Gasteiger partial charge in [-0.2, -0.15) is 0 Å². The van der Waals surface area contributed by atoms with E-state index in [2.05, 4.69) is 29.2 Å². The molecule has 3 rings (SSSR count). The fourth-order valence-corrected chi connectivity index (χ4v) is 3.29. The molecule has 0 radical (unpaired) electrons. The highest BCUT2D eigenvalue weighted by Crippen LogP contribution is 2.25. The molecule has 4 heteroatoms. The number of aromatic amines is 1. The van der Waals surface area contributed by atoms with Crippen LogP contribution >= 0.6 is 0 Å². The molecular weight excluding hydrogens is 312 g/mol. The molecule has 0 saturated carbocycles. The predicted octanol–water partition coefficient (Wildman–Crippen LogP) is 3.69. The molecule has 0 fully saturated rings. The van der Waals surface area contributed by atoms with Crippen LogP contribution in [-0.4, -0.2) is 22.1 Å². The summed E-state index contributed by atoms with van der Waals surface area (Å²) in [7, 11) is 0. The van der Waals surface area contributed by atoms with Crippen molar-refractivity contribution < 1.29 is 9.90 Å². The van der Waals surface area contributed by atoms with Gasteiger partial charge in [0, 0.05) is 23.0 Å². The number of rotatable bonds is 8. The van der Waals surface area contributed by atoms with Gasteiger partial charge in [-0.15, -0.1) is 0 Å². The van der Waals surface area contributed by atoms with Gasteiger partial charge in [0.05, 0.1) is 0 Å². The minimum Gasteiger partial charge on any atom is -0.480 e. The van der Waals surface area contributed by atoms with E-state index in [0.717, 1.165) is 47.8 Å². The predicted molar refractivity (Wildman–Crippen MR) is 101 cm³/mol. The number of fused-ring (bicyclic) bond motifs is 1. The van der Waals surface area contributed by atoms with Crippen molar-refractivity contribution in [1.82, 2.24) is 4.98 Å². The Balaban J connectivity index is 1.70. The Labute approximate surface area is 147 Å². The maximum absolute atomic E-state index is 11.2. The Hall–Kier alpha value is -2.59. The number of hydrogen-bond donors (Lipinski definition) is 3. The third-order valence-electron chi connectivity index (χ3n) is 4.63. The van der Waals surface area contributed by atoms with Gasteiger partial charge in [0.15, 0.2) is 0 Å². The Kier molecular flexibility index (Phi) is 5.51. The molecule has 25 heavy (non-hydrogen) atoms. The number of unbranched alkanes of at least 4 members (excludes halogenated alkanes) is 1. The van der Waals surface area contributed by atoms with Crippen LogP contribution in [0.4, 0.5) is 0 Å². The first-order valence-electron chi connectivity index (χ1n) is 8.76. The van der Waals surface area contributed by atoms with E-state index in [1.807, 2.05) is 30.3 Å². The minimum absolute atomic E-state index is 0.355. The number of para-hydroxylation sites is 1. The molecule has 1 heterocycles. The zero-order chi connectivity index (χ0) is 17.6. The summed E-state index contributed by atoms with van der Waals surface area (Å²) in [5.74, 6) is -0.958. The van der Waals surface area contributed by atoms with Gasteiger partial charge in [0.2, 0.25) is 0 Å². The molecule has 3 aromatic rings. The summed E-state index contributed by atoms with van der Waals surface area (Å²) in [4.78, 5) is 14.6. The van der Waals surface area contributed by atoms with Crippen molar-refractivity contribution in [3.8, 4) is 0 Å². The third-order valence-corrected chi connectivity index (χ3v) is 4.63. The van der Waals surface area contributed by atoms with E-state index in [9.17, 15) is 4.79 Å². The monoisotopic (exact) mass is 336 g/mol. The summed E-state index contributed by atoms with van der Waals surface area (Å²) in [6.07, 6.45) is 4.47. The van der Waals surface area contributed by atoms with Crippen LogP contribution in [0.2, 0.25) is 0 Å². The Morgan fingerprint density at radius 1 is 1.00 bits per heavy atom. The number of carboxylic acids is 1. The largest absolute Gasteiger partial charge is 0.480 e. The van der Waals surface area contributed by atoms with E-state index in [1.165, 1.54) is 5.56 Å². The molecule has 4 nitrogen and oxygen atoms in total. The lowest BCUT2D eigenvalue weighted by atomic mass is 9.99. The molecule has 0 amide bonds. The van der Waals surface area contributed by atoms with Crippen molar-refractivity contribution in [2.45, 2.75) is 38.1 Å². The molecule has 2 aromatic carbocycles. The van der Waals surface area contributed by atoms with Gasteiger partial charge < -0.3 is 15.8 Å². The van der Waals surface area contributed by atoms with Gasteiger partial charge in [0.1, 0.15) is 6.04 Å². The van der Waals surface area contributed by atoms with Gasteiger partial charge in [0.25, 0.3) is 0 Å². The highest BCUT2D eigenvalue weighted by molar-refractivity contribution is 5.85. The van der Waals surface area contributed by atoms with Gasteiger partial charge in [-0.25, -0.2) is 0 Å². The number of aliphatic carboxylic acids is 1. The minimum atomic E-state index is -0.958. The summed E-state index contributed by atoms with van der Waals surface area (Å²) in [6, 6.07) is 17.6. The van der Waals surface area contributed by atoms with Crippen molar-refractivity contribution >= 4 is 16.9 Å². The number of aromatic nitrogens is 1. The second-order valence-electron chi connectivity index (χ2n) is 6.47. The molecule has 0 aliphatic carbocycles. The molecule has 4 N–H and O–H groups in total. The van der Waals surface area contributed by atoms with Gasteiger partial charge >= 0.3 is 5.97 Å². The lowest BCUT2D eigenvalue weighted by molar-refractivity contribution is -0.138. The average Bonchev–Trinajstić information content (AvgIpc) is 2.97. The molecule has 130 valence electrons. The van der Waals surface area contributed by atoms with Crippen molar-refractivity contribution in [3.05, 3.63) is 71.4 Å². The van der Waals surface area contributed by atoms with Crippen LogP contribution in [0.25, 0.3) is 10.9 Å². The highest BCUT2D eigenvalue weighted by atomic mass is 16.4. The van der Waals surface area contributed by atoms with Crippen LogP contribution < -0.4 is 5.73 Å². The van der Waals surface area contributed by atoms with Crippen LogP contribution in [0.1, 0.15) is 29.7 Å². The van der Waals surface area contributed by atoms with Gasteiger partial charge in [-0.1, -0.05) is 48.5 Å². The van der Waals surface area contributed by atoms with Gasteiger partial charge in [-0.05, 0) is 42.9 Å². The number of nitrogens with one attached hydrogen (secondary N) is 1. The first-order valence-corrected chi connectivity index (χ1v) is 8.76. The fourth-order valence-electron chi connectivity index (χ4n) is 3.29. The quantitative estimate of drug-likeness (QED) is 0.549. The first kappa shape index (κ1) is 17.2. The molecule has 0 spiro atoms. The summed E-state index contributed by atoms with van der Waals surface area (Å²) in [6.45, 7) is 0. The Morgan fingerprint density at radius 2 is 1.68 bits per heavy atom. The smallest absolute Gasteiger partial charge is 0.320 e. The van der Waals surface area contributed by atoms with Crippen LogP contribution in [0.5, 0.6) is 0 Å². The Bertz CT molecular complexity index is 839. The van der Waals surface area contributed by atoms with E-state index in [4.69, 9.17) is 10.8 Å². The number of H-pyrrole nitrogens is 1. The second kappa shape index (κ2) is 7.99. The summed E-state index contributed by atoms with van der Waals surface area (Å²) >= 11 is 0. The number of benzene rings is 2. The van der Waals surface area contributed by atoms with E-state index in [1.54, 1.807) is 0 Å². The van der Waals surface area contributed by atoms with E-state index in [0.29, 0.717) is 6.42 Å². The Morgan fingerprint density at radius 3 is 2.44 bits per heavy atom. The third kappa shape index (κ3) is 4.28. The average molecular weight is 336 g/mol. The van der Waals surface area contributed by atoms with E-state index < -0.39 is 12.0 Å². The molecule has 1 unspecified atom stereocenters. The molecule has 0 bridgehead atoms. The zero-order valence-corrected chi connectivity index (χ0v) is 14.2. The topological polar surface area (TPSA) is 79.1 Å². The summed E-state index contributed by atoms with van der Waals surface area (Å²) in [5, 5.41) is 10.2. The normalized spacial score (nSPS) is 12.4. The lowest BCUT2D eigenvalue weighted by Crippen LogP contribution is -2.32. The van der Waals surface area contributed by atoms with Crippen LogP contribution in [0.3, 0.4) is 0 Å². The molecule has 1 atom stereocenters. The molecular formula is C21H24N2O2. The standard InChI is InChI=1S/C21H24N2O2/c22-18(21(24)25)14-17-16-11-5-7-12-19(16)23-20(17)13-6-4-10-15-8-2-1-3-9-15/h1-3,5,7-9,11-12,18,23H,4,6,10,13-14,22H2,(H,24,25). The molecule has 0 aliphatic rings. The zero-order valence-electron chi connectivity index (χ0n) is 14.2. The summed E-state index contributed by atoms with van der Waals surface area (Å²) < 4.78 is 0. The van der Waals surface area contributed by atoms with E-state index in [-0.39, 0.29) is 0 Å². The van der Waals surface area contributed by atoms with E-state index >= 15 is 0 Å². The van der Waals surface area contributed by atoms with Gasteiger partial charge in [-0.3, -0.25) is 4.79 Å². The van der Waals surface area contributed by atoms with Crippen LogP contribution in [-0.2, 0) is 24.1 Å². The summed E-state index contributed by atoms with van der Waals surface area (Å²) in [5.41, 5.74) is 10.4. The van der Waals surface area contributed by atoms with Crippen LogP contribution in [0.15, 0.2) is 54.6 Å². The second-order valence-corrected chi connectivity index (χ2v) is 6.47. The fraction of sp³-hybridized carbons (Fsp3) is 0.286. The molecule has 0 aliphatic heterocycles. The molecule has 0 saturated heterocycles. The SMILES string of the molecule is NC(Cc1c(CCCCc2ccccc2)[nH]c2ccccc12)C(=O)O. The maximum atomic E-state index is 11.2. The van der Waals surface area contributed by atoms with Crippen molar-refractivity contribution in [2.24, 2.45) is 5.73 Å². The highest BCUT2D eigenvalue weighted by Gasteiger charge is 2.18. The van der Waals surface area contributed by atoms with Crippen molar-refractivity contribution in [2.75, 3.05) is 0 Å². The maximum Gasteiger partial charge on any atom is 0.320 e. The number of hydrogen-bond acceptors (Lipinski definition) is 2. The van der Waals surface area contributed by atoms with Crippen molar-refractivity contribution in [3.63, 3.8) is 0 Å². The lowest BCUT2D eigenvalue weighted by Gasteiger charge is -2.09. The first-order chi connectivity index (χ1) is 12.1. The number of carbonyl (C=O) groups is 1. The molecule has 1 aromatic heterocycles. The number of carboxylic acid groups (broad SMARTS) is 1. The van der Waals surface area contributed by atoms with Crippen molar-refractivity contribution in [1.29, 1.82) is 0 Å². The number of nitrogens with two attached hydrogens (primary N) is 1.